The van der Waals surface area contributed by atoms with Gasteiger partial charge in [0.05, 0.1) is 5.56 Å². The normalized spacial score (nSPS) is 13.8. The quantitative estimate of drug-likeness (QED) is 0.747. The first-order valence-corrected chi connectivity index (χ1v) is 4.22. The fourth-order valence-corrected chi connectivity index (χ4v) is 1.53. The summed E-state index contributed by atoms with van der Waals surface area (Å²) in [7, 11) is 0. The largest absolute Gasteiger partial charge is 0.478 e. The number of benzene rings is 1. The lowest BCUT2D eigenvalue weighted by Gasteiger charge is -2.05. The highest BCUT2D eigenvalue weighted by atomic mass is 16.4. The van der Waals surface area contributed by atoms with Crippen LogP contribution in [-0.4, -0.2) is 11.1 Å². The van der Waals surface area contributed by atoms with E-state index in [2.05, 4.69) is 6.08 Å². The molecule has 0 amide bonds. The molecule has 0 heterocycles. The predicted molar refractivity (Wildman–Crippen MR) is 50.7 cm³/mol. The van der Waals surface area contributed by atoms with Gasteiger partial charge in [-0.2, -0.15) is 0 Å². The molecule has 1 aromatic carbocycles. The van der Waals surface area contributed by atoms with Crippen LogP contribution in [0.2, 0.25) is 0 Å². The van der Waals surface area contributed by atoms with Crippen molar-refractivity contribution in [3.8, 4) is 0 Å². The van der Waals surface area contributed by atoms with Crippen LogP contribution >= 0.6 is 0 Å². The van der Waals surface area contributed by atoms with Crippen LogP contribution < -0.4 is 0 Å². The summed E-state index contributed by atoms with van der Waals surface area (Å²) in [4.78, 5) is 10.9. The maximum atomic E-state index is 10.9. The number of carbonyl (C=O) groups is 1. The van der Waals surface area contributed by atoms with E-state index in [-0.39, 0.29) is 0 Å². The molecule has 2 rings (SSSR count). The van der Waals surface area contributed by atoms with Gasteiger partial charge >= 0.3 is 5.97 Å². The Kier molecular flexibility index (Phi) is 1.69. The summed E-state index contributed by atoms with van der Waals surface area (Å²) in [6.07, 6.45) is 2.99. The van der Waals surface area contributed by atoms with Crippen LogP contribution in [0, 0.1) is 6.92 Å². The molecule has 0 bridgehead atoms. The van der Waals surface area contributed by atoms with Gasteiger partial charge in [0.15, 0.2) is 0 Å². The molecule has 0 spiro atoms. The Morgan fingerprint density at radius 2 is 2.15 bits per heavy atom. The third kappa shape index (κ3) is 1.35. The topological polar surface area (TPSA) is 37.3 Å². The molecule has 0 atom stereocenters. The molecule has 0 aliphatic heterocycles. The van der Waals surface area contributed by atoms with Gasteiger partial charge < -0.3 is 5.11 Å². The van der Waals surface area contributed by atoms with Gasteiger partial charge in [-0.05, 0) is 36.1 Å². The number of aryl methyl sites for hydroxylation is 1. The standard InChI is InChI=1S/C11H10O2/c1-7-3-2-4-9(11(12)13)10(7)8-5-6-8/h2-5H,6H2,1H3,(H,12,13). The number of allylic oxidation sites excluding steroid dienone is 2. The zero-order valence-electron chi connectivity index (χ0n) is 7.37. The highest BCUT2D eigenvalue weighted by Crippen LogP contribution is 2.35. The molecule has 0 radical (unpaired) electrons. The van der Waals surface area contributed by atoms with Crippen molar-refractivity contribution in [3.63, 3.8) is 0 Å². The molecule has 1 aliphatic rings. The van der Waals surface area contributed by atoms with Crippen LogP contribution in [0.4, 0.5) is 0 Å². The zero-order valence-corrected chi connectivity index (χ0v) is 7.37. The molecule has 0 fully saturated rings. The lowest BCUT2D eigenvalue weighted by molar-refractivity contribution is 0.0696. The molecule has 0 saturated heterocycles. The summed E-state index contributed by atoms with van der Waals surface area (Å²) >= 11 is 0. The molecule has 2 heteroatoms. The molecule has 66 valence electrons. The zero-order chi connectivity index (χ0) is 9.42. The lowest BCUT2D eigenvalue weighted by atomic mass is 10.00. The third-order valence-corrected chi connectivity index (χ3v) is 2.23. The summed E-state index contributed by atoms with van der Waals surface area (Å²) in [5.41, 5.74) is 3.54. The minimum atomic E-state index is -0.841. The smallest absolute Gasteiger partial charge is 0.336 e. The number of rotatable bonds is 2. The van der Waals surface area contributed by atoms with Crippen molar-refractivity contribution in [3.05, 3.63) is 41.0 Å². The van der Waals surface area contributed by atoms with Crippen molar-refractivity contribution in [2.45, 2.75) is 13.3 Å². The summed E-state index contributed by atoms with van der Waals surface area (Å²) in [5, 5.41) is 8.94. The average molecular weight is 174 g/mol. The Labute approximate surface area is 76.5 Å². The fraction of sp³-hybridized carbons (Fsp3) is 0.182. The second-order valence-electron chi connectivity index (χ2n) is 3.24. The van der Waals surface area contributed by atoms with Crippen molar-refractivity contribution < 1.29 is 9.90 Å². The van der Waals surface area contributed by atoms with Crippen molar-refractivity contribution in [2.24, 2.45) is 0 Å². The Hall–Kier alpha value is -1.57. The van der Waals surface area contributed by atoms with Gasteiger partial charge in [0.1, 0.15) is 0 Å². The van der Waals surface area contributed by atoms with Gasteiger partial charge in [-0.3, -0.25) is 0 Å². The van der Waals surface area contributed by atoms with Crippen molar-refractivity contribution >= 4 is 11.5 Å². The van der Waals surface area contributed by atoms with Crippen LogP contribution in [0.1, 0.15) is 27.9 Å². The van der Waals surface area contributed by atoms with Crippen molar-refractivity contribution in [1.29, 1.82) is 0 Å². The van der Waals surface area contributed by atoms with Crippen LogP contribution in [0.25, 0.3) is 5.57 Å². The minimum Gasteiger partial charge on any atom is -0.478 e. The van der Waals surface area contributed by atoms with E-state index in [0.29, 0.717) is 5.56 Å². The third-order valence-electron chi connectivity index (χ3n) is 2.23. The molecule has 0 saturated carbocycles. The average Bonchev–Trinajstić information content (AvgIpc) is 2.86. The van der Waals surface area contributed by atoms with E-state index in [9.17, 15) is 4.79 Å². The van der Waals surface area contributed by atoms with Gasteiger partial charge in [-0.15, -0.1) is 0 Å². The van der Waals surface area contributed by atoms with Crippen molar-refractivity contribution in [1.82, 2.24) is 0 Å². The summed E-state index contributed by atoms with van der Waals surface area (Å²) < 4.78 is 0. The van der Waals surface area contributed by atoms with Crippen LogP contribution in [0.3, 0.4) is 0 Å². The highest BCUT2D eigenvalue weighted by Gasteiger charge is 2.19. The molecule has 1 N–H and O–H groups in total. The molecule has 13 heavy (non-hydrogen) atoms. The first-order chi connectivity index (χ1) is 6.20. The number of aromatic carboxylic acids is 1. The summed E-state index contributed by atoms with van der Waals surface area (Å²) in [6.45, 7) is 1.95. The summed E-state index contributed by atoms with van der Waals surface area (Å²) in [5.74, 6) is -0.841. The summed E-state index contributed by atoms with van der Waals surface area (Å²) in [6, 6.07) is 5.38. The van der Waals surface area contributed by atoms with Crippen molar-refractivity contribution in [2.75, 3.05) is 0 Å². The molecular formula is C11H10O2. The van der Waals surface area contributed by atoms with Gasteiger partial charge in [0.2, 0.25) is 0 Å². The Bertz CT molecular complexity index is 403. The number of hydrogen-bond donors (Lipinski definition) is 1. The van der Waals surface area contributed by atoms with E-state index >= 15 is 0 Å². The number of hydrogen-bond acceptors (Lipinski definition) is 1. The Balaban J connectivity index is 2.60. The van der Waals surface area contributed by atoms with E-state index in [0.717, 1.165) is 23.1 Å². The van der Waals surface area contributed by atoms with Gasteiger partial charge in [-0.25, -0.2) is 4.79 Å². The predicted octanol–water partition coefficient (Wildman–Crippen LogP) is 2.48. The maximum Gasteiger partial charge on any atom is 0.336 e. The van der Waals surface area contributed by atoms with E-state index < -0.39 is 5.97 Å². The second kappa shape index (κ2) is 2.73. The van der Waals surface area contributed by atoms with E-state index in [1.807, 2.05) is 13.0 Å². The number of carboxylic acid groups (broad SMARTS) is 1. The second-order valence-corrected chi connectivity index (χ2v) is 3.24. The van der Waals surface area contributed by atoms with Gasteiger partial charge in [0.25, 0.3) is 0 Å². The van der Waals surface area contributed by atoms with E-state index in [1.54, 1.807) is 12.1 Å². The molecule has 2 nitrogen and oxygen atoms in total. The highest BCUT2D eigenvalue weighted by molar-refractivity contribution is 5.97. The Morgan fingerprint density at radius 1 is 1.46 bits per heavy atom. The molecule has 1 aromatic rings. The van der Waals surface area contributed by atoms with E-state index in [4.69, 9.17) is 5.11 Å². The van der Waals surface area contributed by atoms with E-state index in [1.165, 1.54) is 0 Å². The first kappa shape index (κ1) is 8.05. The van der Waals surface area contributed by atoms with Crippen LogP contribution in [0.5, 0.6) is 0 Å². The molecule has 0 aromatic heterocycles. The van der Waals surface area contributed by atoms with Crippen LogP contribution in [-0.2, 0) is 0 Å². The fourth-order valence-electron chi connectivity index (χ4n) is 1.53. The molecule has 0 unspecified atom stereocenters. The number of carboxylic acids is 1. The first-order valence-electron chi connectivity index (χ1n) is 4.22. The maximum absolute atomic E-state index is 10.9. The molecular weight excluding hydrogens is 164 g/mol. The van der Waals surface area contributed by atoms with Crippen LogP contribution in [0.15, 0.2) is 24.3 Å². The Morgan fingerprint density at radius 3 is 2.69 bits per heavy atom. The van der Waals surface area contributed by atoms with Gasteiger partial charge in [0, 0.05) is 0 Å². The van der Waals surface area contributed by atoms with Gasteiger partial charge in [-0.1, -0.05) is 18.2 Å². The monoisotopic (exact) mass is 174 g/mol. The lowest BCUT2D eigenvalue weighted by Crippen LogP contribution is -2.01. The molecule has 1 aliphatic carbocycles. The SMILES string of the molecule is Cc1cccc(C(=O)O)c1C1=CC1. The minimum absolute atomic E-state index is 0.420.